The van der Waals surface area contributed by atoms with E-state index >= 15 is 0 Å². The van der Waals surface area contributed by atoms with E-state index in [0.29, 0.717) is 19.6 Å². The fourth-order valence-corrected chi connectivity index (χ4v) is 4.36. The molecule has 21 heavy (non-hydrogen) atoms. The highest BCUT2D eigenvalue weighted by Crippen LogP contribution is 2.29. The molecule has 0 aliphatic carbocycles. The van der Waals surface area contributed by atoms with Gasteiger partial charge in [0.1, 0.15) is 4.90 Å². The van der Waals surface area contributed by atoms with Crippen LogP contribution < -0.4 is 5.73 Å². The van der Waals surface area contributed by atoms with Crippen molar-refractivity contribution in [2.24, 2.45) is 0 Å². The van der Waals surface area contributed by atoms with Gasteiger partial charge in [-0.2, -0.15) is 4.31 Å². The van der Waals surface area contributed by atoms with Gasteiger partial charge in [0, 0.05) is 31.4 Å². The van der Waals surface area contributed by atoms with E-state index in [-0.39, 0.29) is 16.8 Å². The second-order valence-electron chi connectivity index (χ2n) is 5.22. The molecule has 2 N–H and O–H groups in total. The third kappa shape index (κ3) is 3.15. The quantitative estimate of drug-likeness (QED) is 0.855. The highest BCUT2D eigenvalue weighted by molar-refractivity contribution is 7.89. The zero-order valence-electron chi connectivity index (χ0n) is 12.0. The molecule has 0 amide bonds. The molecule has 1 aromatic rings. The Morgan fingerprint density at radius 1 is 1.43 bits per heavy atom. The third-order valence-corrected chi connectivity index (χ3v) is 5.99. The van der Waals surface area contributed by atoms with Crippen molar-refractivity contribution in [3.05, 3.63) is 23.0 Å². The molecular weight excluding hydrogens is 317 g/mol. The molecule has 0 saturated carbocycles. The highest BCUT2D eigenvalue weighted by atomic mass is 35.5. The van der Waals surface area contributed by atoms with Gasteiger partial charge in [-0.05, 0) is 25.6 Å². The monoisotopic (exact) mass is 335 g/mol. The van der Waals surface area contributed by atoms with Crippen LogP contribution in [0.1, 0.15) is 13.3 Å². The lowest BCUT2D eigenvalue weighted by Gasteiger charge is -2.38. The number of benzene rings is 1. The average molecular weight is 336 g/mol. The van der Waals surface area contributed by atoms with Crippen molar-refractivity contribution in [3.63, 3.8) is 0 Å². The minimum absolute atomic E-state index is 0.119. The van der Waals surface area contributed by atoms with Crippen LogP contribution in [-0.4, -0.2) is 50.3 Å². The number of nitrogen functional groups attached to an aromatic ring is 1. The van der Waals surface area contributed by atoms with Crippen LogP contribution in [0.2, 0.25) is 5.02 Å². The van der Waals surface area contributed by atoms with Crippen molar-refractivity contribution in [1.82, 2.24) is 9.21 Å². The summed E-state index contributed by atoms with van der Waals surface area (Å²) in [5, 5.41) is -0.283. The second kappa shape index (κ2) is 6.08. The van der Waals surface area contributed by atoms with Gasteiger partial charge >= 0.3 is 0 Å². The molecule has 5 nitrogen and oxygen atoms in total. The van der Waals surface area contributed by atoms with E-state index in [1.165, 1.54) is 10.4 Å². The summed E-state index contributed by atoms with van der Waals surface area (Å²) in [6, 6.07) is 2.44. The summed E-state index contributed by atoms with van der Waals surface area (Å²) < 4.78 is 40.7. The number of halogens is 2. The topological polar surface area (TPSA) is 66.6 Å². The molecule has 1 heterocycles. The van der Waals surface area contributed by atoms with Crippen LogP contribution in [0.5, 0.6) is 0 Å². The molecule has 1 atom stereocenters. The van der Waals surface area contributed by atoms with E-state index in [1.54, 1.807) is 0 Å². The first-order valence-electron chi connectivity index (χ1n) is 6.72. The fourth-order valence-electron chi connectivity index (χ4n) is 2.49. The summed E-state index contributed by atoms with van der Waals surface area (Å²) in [6.07, 6.45) is 0.822. The van der Waals surface area contributed by atoms with Crippen LogP contribution in [0.15, 0.2) is 17.0 Å². The zero-order chi connectivity index (χ0) is 15.8. The number of hydrogen-bond acceptors (Lipinski definition) is 4. The maximum Gasteiger partial charge on any atom is 0.246 e. The van der Waals surface area contributed by atoms with E-state index < -0.39 is 20.7 Å². The fraction of sp³-hybridized carbons (Fsp3) is 0.538. The number of nitrogens with zero attached hydrogens (tertiary/aromatic N) is 2. The molecule has 1 saturated heterocycles. The Bertz CT molecular complexity index is 639. The van der Waals surface area contributed by atoms with Crippen LogP contribution in [-0.2, 0) is 10.0 Å². The summed E-state index contributed by atoms with van der Waals surface area (Å²) >= 11 is 5.70. The van der Waals surface area contributed by atoms with Crippen LogP contribution in [0.4, 0.5) is 10.1 Å². The van der Waals surface area contributed by atoms with Gasteiger partial charge in [-0.25, -0.2) is 12.8 Å². The van der Waals surface area contributed by atoms with E-state index in [2.05, 4.69) is 4.90 Å². The Labute approximate surface area is 129 Å². The third-order valence-electron chi connectivity index (χ3n) is 3.85. The number of rotatable bonds is 3. The molecule has 1 aliphatic rings. The Morgan fingerprint density at radius 3 is 2.71 bits per heavy atom. The molecular formula is C13H19ClFN3O2S. The molecule has 0 radical (unpaired) electrons. The predicted molar refractivity (Wildman–Crippen MR) is 81.3 cm³/mol. The average Bonchev–Trinajstić information content (AvgIpc) is 2.42. The Kier molecular flexibility index (Phi) is 4.77. The summed E-state index contributed by atoms with van der Waals surface area (Å²) in [5.41, 5.74) is 5.71. The molecule has 2 rings (SSSR count). The number of anilines is 1. The number of nitrogens with two attached hydrogens (primary N) is 1. The molecule has 1 aromatic carbocycles. The Hall–Kier alpha value is -0.890. The summed E-state index contributed by atoms with van der Waals surface area (Å²) in [7, 11) is -1.98. The molecule has 118 valence electrons. The molecule has 0 spiro atoms. The van der Waals surface area contributed by atoms with E-state index in [1.807, 2.05) is 14.0 Å². The largest absolute Gasteiger partial charge is 0.399 e. The van der Waals surface area contributed by atoms with Gasteiger partial charge in [0.2, 0.25) is 10.0 Å². The minimum Gasteiger partial charge on any atom is -0.399 e. The van der Waals surface area contributed by atoms with Gasteiger partial charge in [0.25, 0.3) is 0 Å². The van der Waals surface area contributed by atoms with Crippen molar-refractivity contribution >= 4 is 27.3 Å². The van der Waals surface area contributed by atoms with Crippen molar-refractivity contribution in [2.75, 3.05) is 32.4 Å². The summed E-state index contributed by atoms with van der Waals surface area (Å²) in [5.74, 6) is -0.946. The predicted octanol–water partition coefficient (Wildman–Crippen LogP) is 1.78. The van der Waals surface area contributed by atoms with Gasteiger partial charge in [-0.3, -0.25) is 0 Å². The van der Waals surface area contributed by atoms with E-state index in [9.17, 15) is 12.8 Å². The first-order chi connectivity index (χ1) is 9.77. The van der Waals surface area contributed by atoms with E-state index in [0.717, 1.165) is 12.5 Å². The molecule has 1 unspecified atom stereocenters. The number of sulfonamides is 1. The Morgan fingerprint density at radius 2 is 2.10 bits per heavy atom. The lowest BCUT2D eigenvalue weighted by Crippen LogP contribution is -2.52. The van der Waals surface area contributed by atoms with E-state index in [4.69, 9.17) is 17.3 Å². The molecule has 0 aromatic heterocycles. The Balaban J connectivity index is 2.39. The SMILES string of the molecule is CCC1CN(S(=O)(=O)c2cc(N)cc(Cl)c2F)CCN1C. The van der Waals surface area contributed by atoms with Crippen LogP contribution >= 0.6 is 11.6 Å². The molecule has 0 bridgehead atoms. The maximum atomic E-state index is 14.1. The lowest BCUT2D eigenvalue weighted by atomic mass is 10.1. The van der Waals surface area contributed by atoms with Crippen LogP contribution in [0.25, 0.3) is 0 Å². The maximum absolute atomic E-state index is 14.1. The van der Waals surface area contributed by atoms with Gasteiger partial charge in [0.15, 0.2) is 5.82 Å². The van der Waals surface area contributed by atoms with Crippen LogP contribution in [0.3, 0.4) is 0 Å². The summed E-state index contributed by atoms with van der Waals surface area (Å²) in [4.78, 5) is 1.65. The van der Waals surface area contributed by atoms with Gasteiger partial charge < -0.3 is 10.6 Å². The molecule has 1 fully saturated rings. The van der Waals surface area contributed by atoms with Crippen molar-refractivity contribution in [2.45, 2.75) is 24.3 Å². The molecule has 8 heteroatoms. The number of piperazine rings is 1. The lowest BCUT2D eigenvalue weighted by molar-refractivity contribution is 0.144. The second-order valence-corrected chi connectivity index (χ2v) is 7.53. The van der Waals surface area contributed by atoms with Crippen molar-refractivity contribution < 1.29 is 12.8 Å². The molecule has 1 aliphatic heterocycles. The number of likely N-dealkylation sites (N-methyl/N-ethyl adjacent to an activating group) is 1. The zero-order valence-corrected chi connectivity index (χ0v) is 13.6. The van der Waals surface area contributed by atoms with Crippen molar-refractivity contribution in [3.8, 4) is 0 Å². The van der Waals surface area contributed by atoms with Gasteiger partial charge in [-0.1, -0.05) is 18.5 Å². The first-order valence-corrected chi connectivity index (χ1v) is 8.54. The smallest absolute Gasteiger partial charge is 0.246 e. The normalized spacial score (nSPS) is 21.6. The van der Waals surface area contributed by atoms with Crippen LogP contribution in [0, 0.1) is 5.82 Å². The first kappa shape index (κ1) is 16.5. The van der Waals surface area contributed by atoms with Gasteiger partial charge in [0.05, 0.1) is 5.02 Å². The highest BCUT2D eigenvalue weighted by Gasteiger charge is 2.34. The van der Waals surface area contributed by atoms with Gasteiger partial charge in [-0.15, -0.1) is 0 Å². The standard InChI is InChI=1S/C13H19ClFN3O2S/c1-3-10-8-18(5-4-17(10)2)21(19,20)12-7-9(16)6-11(14)13(12)15/h6-7,10H,3-5,8,16H2,1-2H3. The number of hydrogen-bond donors (Lipinski definition) is 1. The van der Waals surface area contributed by atoms with Crippen molar-refractivity contribution in [1.29, 1.82) is 0 Å². The summed E-state index contributed by atoms with van der Waals surface area (Å²) in [6.45, 7) is 3.26. The minimum atomic E-state index is -3.94.